The highest BCUT2D eigenvalue weighted by Gasteiger charge is 2.20. The second-order valence-corrected chi connectivity index (χ2v) is 5.93. The first-order valence-corrected chi connectivity index (χ1v) is 7.86. The number of aromatic nitrogens is 2. The normalized spacial score (nSPS) is 16.5. The quantitative estimate of drug-likeness (QED) is 0.853. The van der Waals surface area contributed by atoms with Crippen LogP contribution < -0.4 is 10.2 Å². The Labute approximate surface area is 132 Å². The smallest absolute Gasteiger partial charge is 0.224 e. The van der Waals surface area contributed by atoms with E-state index in [1.54, 1.807) is 6.20 Å². The van der Waals surface area contributed by atoms with E-state index in [4.69, 9.17) is 11.6 Å². The minimum Gasteiger partial charge on any atom is -0.354 e. The van der Waals surface area contributed by atoms with Crippen LogP contribution in [0.5, 0.6) is 0 Å². The molecular formula is C14H25ClN6. The van der Waals surface area contributed by atoms with Gasteiger partial charge in [0.15, 0.2) is 5.82 Å². The third-order valence-electron chi connectivity index (χ3n) is 3.60. The van der Waals surface area contributed by atoms with E-state index in [1.165, 1.54) is 0 Å². The summed E-state index contributed by atoms with van der Waals surface area (Å²) in [6.07, 6.45) is 1.68. The number of likely N-dealkylation sites (N-methyl/N-ethyl adjacent to an activating group) is 1. The van der Waals surface area contributed by atoms with Crippen molar-refractivity contribution in [2.75, 3.05) is 70.1 Å². The third-order valence-corrected chi connectivity index (χ3v) is 3.86. The predicted octanol–water partition coefficient (Wildman–Crippen LogP) is 1.25. The molecule has 0 unspecified atom stereocenters. The molecule has 118 valence electrons. The minimum atomic E-state index is 0.624. The van der Waals surface area contributed by atoms with Crippen LogP contribution in [-0.2, 0) is 0 Å². The number of nitrogens with zero attached hydrogens (tertiary/aromatic N) is 5. The molecule has 1 aromatic rings. The van der Waals surface area contributed by atoms with Gasteiger partial charge in [-0.2, -0.15) is 4.98 Å². The lowest BCUT2D eigenvalue weighted by atomic mass is 10.3. The van der Waals surface area contributed by atoms with E-state index >= 15 is 0 Å². The molecule has 1 aromatic heterocycles. The van der Waals surface area contributed by atoms with Gasteiger partial charge in [0, 0.05) is 45.8 Å². The van der Waals surface area contributed by atoms with Gasteiger partial charge in [-0.1, -0.05) is 11.6 Å². The second kappa shape index (κ2) is 7.77. The van der Waals surface area contributed by atoms with Crippen molar-refractivity contribution < 1.29 is 0 Å². The van der Waals surface area contributed by atoms with E-state index in [0.717, 1.165) is 51.6 Å². The summed E-state index contributed by atoms with van der Waals surface area (Å²) < 4.78 is 0. The highest BCUT2D eigenvalue weighted by atomic mass is 35.5. The number of rotatable bonds is 6. The van der Waals surface area contributed by atoms with Gasteiger partial charge in [-0.05, 0) is 21.0 Å². The summed E-state index contributed by atoms with van der Waals surface area (Å²) in [7, 11) is 4.22. The van der Waals surface area contributed by atoms with Crippen LogP contribution in [0.25, 0.3) is 0 Å². The monoisotopic (exact) mass is 312 g/mol. The Morgan fingerprint density at radius 3 is 2.62 bits per heavy atom. The Morgan fingerprint density at radius 1 is 1.29 bits per heavy atom. The largest absolute Gasteiger partial charge is 0.354 e. The van der Waals surface area contributed by atoms with Crippen LogP contribution in [0.15, 0.2) is 6.20 Å². The molecule has 0 bridgehead atoms. The van der Waals surface area contributed by atoms with E-state index < -0.39 is 0 Å². The predicted molar refractivity (Wildman–Crippen MR) is 88.4 cm³/mol. The topological polar surface area (TPSA) is 47.5 Å². The number of nitrogens with one attached hydrogen (secondary N) is 1. The molecule has 1 aliphatic rings. The van der Waals surface area contributed by atoms with Crippen molar-refractivity contribution in [3.05, 3.63) is 11.2 Å². The molecule has 2 heterocycles. The van der Waals surface area contributed by atoms with Gasteiger partial charge in [-0.3, -0.25) is 4.90 Å². The molecule has 0 amide bonds. The number of hydrogen-bond donors (Lipinski definition) is 1. The molecule has 0 aromatic carbocycles. The lowest BCUT2D eigenvalue weighted by Crippen LogP contribution is -2.48. The van der Waals surface area contributed by atoms with Crippen molar-refractivity contribution in [1.29, 1.82) is 0 Å². The Balaban J connectivity index is 1.93. The van der Waals surface area contributed by atoms with Crippen molar-refractivity contribution in [3.63, 3.8) is 0 Å². The molecule has 0 saturated carbocycles. The van der Waals surface area contributed by atoms with Gasteiger partial charge in [0.25, 0.3) is 0 Å². The van der Waals surface area contributed by atoms with Crippen molar-refractivity contribution in [1.82, 2.24) is 19.8 Å². The van der Waals surface area contributed by atoms with Gasteiger partial charge in [0.05, 0.1) is 6.20 Å². The molecule has 0 spiro atoms. The summed E-state index contributed by atoms with van der Waals surface area (Å²) in [6, 6.07) is 0. The van der Waals surface area contributed by atoms with Crippen molar-refractivity contribution in [2.45, 2.75) is 6.92 Å². The lowest BCUT2D eigenvalue weighted by Gasteiger charge is -2.36. The average molecular weight is 313 g/mol. The molecular weight excluding hydrogens is 288 g/mol. The number of hydrogen-bond acceptors (Lipinski definition) is 6. The number of piperazine rings is 1. The van der Waals surface area contributed by atoms with E-state index in [1.807, 2.05) is 6.92 Å². The van der Waals surface area contributed by atoms with E-state index in [-0.39, 0.29) is 0 Å². The Hall–Kier alpha value is -1.11. The van der Waals surface area contributed by atoms with Crippen molar-refractivity contribution >= 4 is 23.4 Å². The van der Waals surface area contributed by atoms with Gasteiger partial charge in [0.2, 0.25) is 5.95 Å². The van der Waals surface area contributed by atoms with Crippen LogP contribution in [-0.4, -0.2) is 79.7 Å². The van der Waals surface area contributed by atoms with Crippen LogP contribution in [0.4, 0.5) is 11.8 Å². The Morgan fingerprint density at radius 2 is 2.00 bits per heavy atom. The van der Waals surface area contributed by atoms with Crippen LogP contribution in [0.2, 0.25) is 5.02 Å². The summed E-state index contributed by atoms with van der Waals surface area (Å²) in [5.74, 6) is 1.49. The summed E-state index contributed by atoms with van der Waals surface area (Å²) in [5.41, 5.74) is 0. The fourth-order valence-electron chi connectivity index (χ4n) is 2.35. The summed E-state index contributed by atoms with van der Waals surface area (Å²) >= 11 is 6.25. The zero-order valence-electron chi connectivity index (χ0n) is 13.1. The summed E-state index contributed by atoms with van der Waals surface area (Å²) in [4.78, 5) is 15.7. The summed E-state index contributed by atoms with van der Waals surface area (Å²) in [5, 5.41) is 3.76. The average Bonchev–Trinajstić information content (AvgIpc) is 2.48. The highest BCUT2D eigenvalue weighted by Crippen LogP contribution is 2.24. The molecule has 0 aliphatic carbocycles. The molecule has 0 radical (unpaired) electrons. The lowest BCUT2D eigenvalue weighted by molar-refractivity contribution is 0.229. The van der Waals surface area contributed by atoms with E-state index in [9.17, 15) is 0 Å². The molecule has 21 heavy (non-hydrogen) atoms. The minimum absolute atomic E-state index is 0.624. The van der Waals surface area contributed by atoms with Crippen molar-refractivity contribution in [2.24, 2.45) is 0 Å². The first kappa shape index (κ1) is 16.3. The second-order valence-electron chi connectivity index (χ2n) is 5.53. The SMILES string of the molecule is CCNc1ncc(Cl)c(N2CCN(CCN(C)C)CC2)n1. The maximum atomic E-state index is 6.25. The van der Waals surface area contributed by atoms with Crippen molar-refractivity contribution in [3.8, 4) is 0 Å². The molecule has 1 saturated heterocycles. The van der Waals surface area contributed by atoms with Crippen LogP contribution in [0.1, 0.15) is 6.92 Å². The fourth-order valence-corrected chi connectivity index (χ4v) is 2.56. The zero-order valence-corrected chi connectivity index (χ0v) is 13.9. The maximum Gasteiger partial charge on any atom is 0.224 e. The fraction of sp³-hybridized carbons (Fsp3) is 0.714. The molecule has 1 N–H and O–H groups in total. The molecule has 0 atom stereocenters. The van der Waals surface area contributed by atoms with E-state index in [0.29, 0.717) is 11.0 Å². The number of halogens is 1. The molecule has 1 fully saturated rings. The van der Waals surface area contributed by atoms with Gasteiger partial charge in [-0.25, -0.2) is 4.98 Å². The Kier molecular flexibility index (Phi) is 6.02. The molecule has 2 rings (SSSR count). The molecule has 7 heteroatoms. The van der Waals surface area contributed by atoms with E-state index in [2.05, 4.69) is 44.1 Å². The van der Waals surface area contributed by atoms with Gasteiger partial charge in [-0.15, -0.1) is 0 Å². The van der Waals surface area contributed by atoms with Crippen LogP contribution in [0, 0.1) is 0 Å². The van der Waals surface area contributed by atoms with Crippen LogP contribution in [0.3, 0.4) is 0 Å². The first-order chi connectivity index (χ1) is 10.1. The van der Waals surface area contributed by atoms with Crippen LogP contribution >= 0.6 is 11.6 Å². The van der Waals surface area contributed by atoms with Gasteiger partial charge in [0.1, 0.15) is 5.02 Å². The Bertz CT molecular complexity index is 445. The first-order valence-electron chi connectivity index (χ1n) is 7.48. The maximum absolute atomic E-state index is 6.25. The molecule has 6 nitrogen and oxygen atoms in total. The highest BCUT2D eigenvalue weighted by molar-refractivity contribution is 6.32. The zero-order chi connectivity index (χ0) is 15.2. The standard InChI is InChI=1S/C14H25ClN6/c1-4-16-14-17-11-12(15)13(18-14)21-9-7-20(8-10-21)6-5-19(2)3/h11H,4-10H2,1-3H3,(H,16,17,18). The van der Waals surface area contributed by atoms with Gasteiger partial charge >= 0.3 is 0 Å². The number of anilines is 2. The van der Waals surface area contributed by atoms with Gasteiger partial charge < -0.3 is 15.1 Å². The third kappa shape index (κ3) is 4.69. The molecule has 1 aliphatic heterocycles. The summed E-state index contributed by atoms with van der Waals surface area (Å²) in [6.45, 7) is 9.04.